The first-order valence-electron chi connectivity index (χ1n) is 5.11. The minimum absolute atomic E-state index is 0.0786. The smallest absolute Gasteiger partial charge is 0.264 e. The summed E-state index contributed by atoms with van der Waals surface area (Å²) in [4.78, 5) is 3.99. The Balaban J connectivity index is 2.18. The molecule has 5 nitrogen and oxygen atoms in total. The van der Waals surface area contributed by atoms with Crippen molar-refractivity contribution in [1.82, 2.24) is 10.1 Å². The third kappa shape index (κ3) is 2.93. The zero-order chi connectivity index (χ0) is 13.1. The Labute approximate surface area is 113 Å². The summed E-state index contributed by atoms with van der Waals surface area (Å²) in [7, 11) is 0. The Kier molecular flexibility index (Phi) is 4.06. The van der Waals surface area contributed by atoms with Crippen LogP contribution >= 0.6 is 23.2 Å². The molecule has 0 aliphatic carbocycles. The van der Waals surface area contributed by atoms with Crippen molar-refractivity contribution in [2.75, 3.05) is 0 Å². The van der Waals surface area contributed by atoms with Crippen LogP contribution in [0.25, 0.3) is 0 Å². The van der Waals surface area contributed by atoms with Crippen molar-refractivity contribution < 1.29 is 14.4 Å². The van der Waals surface area contributed by atoms with E-state index in [-0.39, 0.29) is 13.2 Å². The Hall–Kier alpha value is -1.30. The molecule has 2 rings (SSSR count). The van der Waals surface area contributed by atoms with Crippen LogP contribution in [-0.4, -0.2) is 15.2 Å². The number of aliphatic hydroxyl groups excluding tert-OH is 1. The lowest BCUT2D eigenvalue weighted by molar-refractivity contribution is 0.229. The second-order valence-electron chi connectivity index (χ2n) is 3.56. The monoisotopic (exact) mass is 288 g/mol. The van der Waals surface area contributed by atoms with Crippen LogP contribution in [0.4, 0.5) is 0 Å². The average Bonchev–Trinajstić information content (AvgIpc) is 2.73. The van der Waals surface area contributed by atoms with E-state index in [2.05, 4.69) is 10.1 Å². The van der Waals surface area contributed by atoms with Crippen LogP contribution in [0.1, 0.15) is 17.3 Å². The standard InChI is InChI=1S/C11H10Cl2N2O3/c1-6-14-10(18-15-6)5-17-11-7(4-16)2-8(12)3-9(11)13/h2-3,16H,4-5H2,1H3. The molecule has 0 unspecified atom stereocenters. The van der Waals surface area contributed by atoms with E-state index in [4.69, 9.17) is 32.5 Å². The summed E-state index contributed by atoms with van der Waals surface area (Å²) in [6.07, 6.45) is 0. The highest BCUT2D eigenvalue weighted by Gasteiger charge is 2.12. The van der Waals surface area contributed by atoms with Crippen LogP contribution in [0.3, 0.4) is 0 Å². The first kappa shape index (κ1) is 13.1. The molecule has 0 saturated heterocycles. The van der Waals surface area contributed by atoms with E-state index in [1.54, 1.807) is 13.0 Å². The Morgan fingerprint density at radius 2 is 2.17 bits per heavy atom. The summed E-state index contributed by atoms with van der Waals surface area (Å²) in [5.41, 5.74) is 0.503. The van der Waals surface area contributed by atoms with Crippen LogP contribution in [0.2, 0.25) is 10.0 Å². The molecule has 0 radical (unpaired) electrons. The Bertz CT molecular complexity index is 557. The number of benzene rings is 1. The summed E-state index contributed by atoms with van der Waals surface area (Å²) >= 11 is 11.8. The third-order valence-corrected chi connectivity index (χ3v) is 2.66. The molecule has 0 bridgehead atoms. The van der Waals surface area contributed by atoms with Gasteiger partial charge in [-0.05, 0) is 19.1 Å². The fraction of sp³-hybridized carbons (Fsp3) is 0.273. The van der Waals surface area contributed by atoms with E-state index in [9.17, 15) is 5.11 Å². The molecule has 2 aromatic rings. The maximum Gasteiger partial charge on any atom is 0.264 e. The molecule has 0 spiro atoms. The Morgan fingerprint density at radius 1 is 1.39 bits per heavy atom. The molecule has 0 amide bonds. The molecule has 1 aromatic carbocycles. The summed E-state index contributed by atoms with van der Waals surface area (Å²) in [5.74, 6) is 1.22. The van der Waals surface area contributed by atoms with Gasteiger partial charge in [-0.3, -0.25) is 0 Å². The lowest BCUT2D eigenvalue weighted by Gasteiger charge is -2.10. The molecule has 1 aromatic heterocycles. The van der Waals surface area contributed by atoms with E-state index in [1.807, 2.05) is 0 Å². The molecule has 96 valence electrons. The van der Waals surface area contributed by atoms with Gasteiger partial charge >= 0.3 is 0 Å². The van der Waals surface area contributed by atoms with Gasteiger partial charge in [0.2, 0.25) is 0 Å². The zero-order valence-electron chi connectivity index (χ0n) is 9.48. The number of halogens is 2. The molecule has 1 N–H and O–H groups in total. The third-order valence-electron chi connectivity index (χ3n) is 2.17. The molecule has 7 heteroatoms. The van der Waals surface area contributed by atoms with Gasteiger partial charge in [-0.2, -0.15) is 4.98 Å². The summed E-state index contributed by atoms with van der Waals surface area (Å²) in [6.45, 7) is 1.56. The number of hydrogen-bond acceptors (Lipinski definition) is 5. The molecule has 0 saturated carbocycles. The van der Waals surface area contributed by atoms with Crippen molar-refractivity contribution in [2.24, 2.45) is 0 Å². The minimum atomic E-state index is -0.224. The van der Waals surface area contributed by atoms with Gasteiger partial charge in [-0.1, -0.05) is 28.4 Å². The molecule has 0 fully saturated rings. The van der Waals surface area contributed by atoms with Crippen LogP contribution in [-0.2, 0) is 13.2 Å². The highest BCUT2D eigenvalue weighted by Crippen LogP contribution is 2.32. The molecule has 0 aliphatic rings. The van der Waals surface area contributed by atoms with Gasteiger partial charge in [0, 0.05) is 10.6 Å². The Morgan fingerprint density at radius 3 is 2.78 bits per heavy atom. The summed E-state index contributed by atoms with van der Waals surface area (Å²) in [6, 6.07) is 3.12. The molecule has 0 atom stereocenters. The van der Waals surface area contributed by atoms with Gasteiger partial charge in [0.1, 0.15) is 5.75 Å². The molecular formula is C11H10Cl2N2O3. The van der Waals surface area contributed by atoms with Crippen LogP contribution in [0.15, 0.2) is 16.7 Å². The van der Waals surface area contributed by atoms with Crippen molar-refractivity contribution in [3.05, 3.63) is 39.5 Å². The second-order valence-corrected chi connectivity index (χ2v) is 4.40. The van der Waals surface area contributed by atoms with Gasteiger partial charge in [-0.15, -0.1) is 0 Å². The summed E-state index contributed by atoms with van der Waals surface area (Å²) < 4.78 is 10.4. The SMILES string of the molecule is Cc1noc(COc2c(Cl)cc(Cl)cc2CO)n1. The van der Waals surface area contributed by atoms with Gasteiger partial charge in [0.05, 0.1) is 11.6 Å². The quantitative estimate of drug-likeness (QED) is 0.937. The maximum atomic E-state index is 9.22. The fourth-order valence-corrected chi connectivity index (χ4v) is 2.02. The summed E-state index contributed by atoms with van der Waals surface area (Å²) in [5, 5.41) is 13.6. The predicted octanol–water partition coefficient (Wildman–Crippen LogP) is 2.76. The average molecular weight is 289 g/mol. The van der Waals surface area contributed by atoms with Crippen molar-refractivity contribution in [2.45, 2.75) is 20.1 Å². The van der Waals surface area contributed by atoms with Crippen LogP contribution in [0, 0.1) is 6.92 Å². The van der Waals surface area contributed by atoms with E-state index in [1.165, 1.54) is 6.07 Å². The number of aliphatic hydroxyl groups is 1. The van der Waals surface area contributed by atoms with E-state index >= 15 is 0 Å². The number of aromatic nitrogens is 2. The number of hydrogen-bond donors (Lipinski definition) is 1. The van der Waals surface area contributed by atoms with E-state index in [0.29, 0.717) is 33.1 Å². The second kappa shape index (κ2) is 5.56. The molecule has 18 heavy (non-hydrogen) atoms. The van der Waals surface area contributed by atoms with Crippen molar-refractivity contribution in [1.29, 1.82) is 0 Å². The minimum Gasteiger partial charge on any atom is -0.482 e. The van der Waals surface area contributed by atoms with Gasteiger partial charge in [0.25, 0.3) is 5.89 Å². The first-order chi connectivity index (χ1) is 8.60. The first-order valence-corrected chi connectivity index (χ1v) is 5.86. The normalized spacial score (nSPS) is 10.7. The van der Waals surface area contributed by atoms with E-state index in [0.717, 1.165) is 0 Å². The van der Waals surface area contributed by atoms with Crippen LogP contribution in [0.5, 0.6) is 5.75 Å². The van der Waals surface area contributed by atoms with Gasteiger partial charge < -0.3 is 14.4 Å². The number of aryl methyl sites for hydroxylation is 1. The number of nitrogens with zero attached hydrogens (tertiary/aromatic N) is 2. The maximum absolute atomic E-state index is 9.22. The van der Waals surface area contributed by atoms with Crippen molar-refractivity contribution >= 4 is 23.2 Å². The molecular weight excluding hydrogens is 279 g/mol. The highest BCUT2D eigenvalue weighted by atomic mass is 35.5. The highest BCUT2D eigenvalue weighted by molar-refractivity contribution is 6.35. The molecule has 0 aliphatic heterocycles. The zero-order valence-corrected chi connectivity index (χ0v) is 11.0. The lowest BCUT2D eigenvalue weighted by atomic mass is 10.2. The largest absolute Gasteiger partial charge is 0.482 e. The molecule has 1 heterocycles. The van der Waals surface area contributed by atoms with Gasteiger partial charge in [0.15, 0.2) is 12.4 Å². The van der Waals surface area contributed by atoms with Crippen molar-refractivity contribution in [3.63, 3.8) is 0 Å². The lowest BCUT2D eigenvalue weighted by Crippen LogP contribution is -2.00. The number of ether oxygens (including phenoxy) is 1. The van der Waals surface area contributed by atoms with Crippen molar-refractivity contribution in [3.8, 4) is 5.75 Å². The van der Waals surface area contributed by atoms with E-state index < -0.39 is 0 Å². The predicted molar refractivity (Wildman–Crippen MR) is 65.8 cm³/mol. The van der Waals surface area contributed by atoms with Gasteiger partial charge in [-0.25, -0.2) is 0 Å². The fourth-order valence-electron chi connectivity index (χ4n) is 1.43. The van der Waals surface area contributed by atoms with Crippen LogP contribution < -0.4 is 4.74 Å². The topological polar surface area (TPSA) is 68.4 Å². The number of rotatable bonds is 4.